The topological polar surface area (TPSA) is 84.9 Å². The van der Waals surface area contributed by atoms with Crippen molar-refractivity contribution in [2.45, 2.75) is 50.0 Å². The van der Waals surface area contributed by atoms with Crippen molar-refractivity contribution in [1.82, 2.24) is 9.62 Å². The SMILES string of the molecule is CC(C)(C)[S@@+]([O-])N[C@@H]1c2ccccc2OC12CCN(C(=O)O)CC2. The van der Waals surface area contributed by atoms with Crippen LogP contribution in [-0.2, 0) is 11.4 Å². The third kappa shape index (κ3) is 3.08. The second-order valence-corrected chi connectivity index (χ2v) is 9.40. The van der Waals surface area contributed by atoms with E-state index in [0.29, 0.717) is 25.9 Å². The maximum Gasteiger partial charge on any atom is 0.407 e. The number of hydrogen-bond donors (Lipinski definition) is 2. The number of para-hydroxylation sites is 1. The van der Waals surface area contributed by atoms with Gasteiger partial charge in [0.25, 0.3) is 0 Å². The number of fused-ring (bicyclic) bond motifs is 1. The number of amides is 1. The van der Waals surface area contributed by atoms with E-state index in [1.54, 1.807) is 0 Å². The van der Waals surface area contributed by atoms with Gasteiger partial charge in [0.15, 0.2) is 0 Å². The van der Waals surface area contributed by atoms with Crippen LogP contribution >= 0.6 is 0 Å². The van der Waals surface area contributed by atoms with Crippen LogP contribution in [0.3, 0.4) is 0 Å². The average molecular weight is 352 g/mol. The molecule has 132 valence electrons. The molecule has 0 radical (unpaired) electrons. The van der Waals surface area contributed by atoms with Gasteiger partial charge in [-0.3, -0.25) is 0 Å². The Morgan fingerprint density at radius 3 is 2.58 bits per heavy atom. The Balaban J connectivity index is 1.87. The van der Waals surface area contributed by atoms with Crippen LogP contribution in [0.1, 0.15) is 45.2 Å². The van der Waals surface area contributed by atoms with Crippen LogP contribution < -0.4 is 9.46 Å². The highest BCUT2D eigenvalue weighted by Gasteiger charge is 2.53. The lowest BCUT2D eigenvalue weighted by Gasteiger charge is -2.41. The second-order valence-electron chi connectivity index (χ2n) is 7.41. The molecule has 1 amide bonds. The Morgan fingerprint density at radius 1 is 1.38 bits per heavy atom. The van der Waals surface area contributed by atoms with Crippen LogP contribution in [0.25, 0.3) is 0 Å². The molecule has 1 saturated heterocycles. The van der Waals surface area contributed by atoms with E-state index in [1.165, 1.54) is 4.90 Å². The lowest BCUT2D eigenvalue weighted by molar-refractivity contribution is 0.000839. The molecule has 2 atom stereocenters. The quantitative estimate of drug-likeness (QED) is 0.800. The number of carboxylic acid groups (broad SMARTS) is 1. The first-order valence-corrected chi connectivity index (χ1v) is 9.32. The Hall–Kier alpha value is -1.44. The normalized spacial score (nSPS) is 23.7. The largest absolute Gasteiger partial charge is 0.598 e. The van der Waals surface area contributed by atoms with E-state index in [9.17, 15) is 14.5 Å². The van der Waals surface area contributed by atoms with E-state index < -0.39 is 23.1 Å². The monoisotopic (exact) mass is 352 g/mol. The number of likely N-dealkylation sites (tertiary alicyclic amines) is 1. The summed E-state index contributed by atoms with van der Waals surface area (Å²) in [6.07, 6.45) is 0.253. The van der Waals surface area contributed by atoms with Gasteiger partial charge in [0, 0.05) is 42.9 Å². The first-order valence-electron chi connectivity index (χ1n) is 8.17. The van der Waals surface area contributed by atoms with Gasteiger partial charge in [0.2, 0.25) is 0 Å². The lowest BCUT2D eigenvalue weighted by Crippen LogP contribution is -2.55. The molecule has 0 bridgehead atoms. The molecule has 1 aromatic rings. The van der Waals surface area contributed by atoms with Gasteiger partial charge >= 0.3 is 6.09 Å². The number of piperidine rings is 1. The smallest absolute Gasteiger partial charge is 0.407 e. The van der Waals surface area contributed by atoms with E-state index in [4.69, 9.17) is 4.74 Å². The van der Waals surface area contributed by atoms with Crippen molar-refractivity contribution in [1.29, 1.82) is 0 Å². The Morgan fingerprint density at radius 2 is 2.00 bits per heavy atom. The van der Waals surface area contributed by atoms with Crippen LogP contribution in [0.2, 0.25) is 0 Å². The summed E-state index contributed by atoms with van der Waals surface area (Å²) in [6.45, 7) is 6.62. The van der Waals surface area contributed by atoms with Crippen molar-refractivity contribution in [3.8, 4) is 5.75 Å². The average Bonchev–Trinajstić information content (AvgIpc) is 2.80. The minimum atomic E-state index is -1.24. The predicted molar refractivity (Wildman–Crippen MR) is 92.4 cm³/mol. The van der Waals surface area contributed by atoms with Gasteiger partial charge in [-0.25, -0.2) is 4.79 Å². The van der Waals surface area contributed by atoms with Crippen LogP contribution in [0, 0.1) is 0 Å². The van der Waals surface area contributed by atoms with Gasteiger partial charge in [-0.15, -0.1) is 4.72 Å². The number of carbonyl (C=O) groups is 1. The maximum atomic E-state index is 12.7. The molecular weight excluding hydrogens is 328 g/mol. The van der Waals surface area contributed by atoms with E-state index in [2.05, 4.69) is 4.72 Å². The van der Waals surface area contributed by atoms with Crippen molar-refractivity contribution in [2.75, 3.05) is 13.1 Å². The standard InChI is InChI=1S/C17H24N2O4S/c1-16(2,3)24(22)18-14-12-6-4-5-7-13(12)23-17(14)8-10-19(11-9-17)15(20)21/h4-7,14,18H,8-11H2,1-3H3,(H,20,21)/t14-,24-/m1/s1. The molecule has 7 heteroatoms. The van der Waals surface area contributed by atoms with Gasteiger partial charge in [-0.1, -0.05) is 18.2 Å². The van der Waals surface area contributed by atoms with Crippen molar-refractivity contribution in [2.24, 2.45) is 0 Å². The van der Waals surface area contributed by atoms with Gasteiger partial charge in [-0.05, 0) is 26.8 Å². The summed E-state index contributed by atoms with van der Waals surface area (Å²) in [4.78, 5) is 12.6. The van der Waals surface area contributed by atoms with Crippen LogP contribution in [0.4, 0.5) is 4.79 Å². The highest BCUT2D eigenvalue weighted by atomic mass is 32.2. The van der Waals surface area contributed by atoms with Gasteiger partial charge in [0.05, 0.1) is 0 Å². The number of benzene rings is 1. The number of rotatable bonds is 2. The fraction of sp³-hybridized carbons (Fsp3) is 0.588. The highest BCUT2D eigenvalue weighted by Crippen LogP contribution is 2.48. The fourth-order valence-corrected chi connectivity index (χ4v) is 4.20. The number of hydrogen-bond acceptors (Lipinski definition) is 4. The highest BCUT2D eigenvalue weighted by molar-refractivity contribution is 7.90. The van der Waals surface area contributed by atoms with Gasteiger partial charge in [-0.2, -0.15) is 0 Å². The van der Waals surface area contributed by atoms with Crippen LogP contribution in [0.5, 0.6) is 5.75 Å². The van der Waals surface area contributed by atoms with Crippen LogP contribution in [0.15, 0.2) is 24.3 Å². The van der Waals surface area contributed by atoms with E-state index in [1.807, 2.05) is 45.0 Å². The molecule has 1 aromatic carbocycles. The Kier molecular flexibility index (Phi) is 4.44. The van der Waals surface area contributed by atoms with Gasteiger partial charge in [0.1, 0.15) is 22.1 Å². The molecule has 0 aromatic heterocycles. The molecule has 2 N–H and O–H groups in total. The minimum Gasteiger partial charge on any atom is -0.598 e. The Bertz CT molecular complexity index is 623. The van der Waals surface area contributed by atoms with Crippen molar-refractivity contribution in [3.63, 3.8) is 0 Å². The maximum absolute atomic E-state index is 12.7. The van der Waals surface area contributed by atoms with Crippen molar-refractivity contribution < 1.29 is 19.2 Å². The van der Waals surface area contributed by atoms with Crippen LogP contribution in [-0.4, -0.2) is 44.1 Å². The summed E-state index contributed by atoms with van der Waals surface area (Å²) in [5.41, 5.74) is 0.454. The van der Waals surface area contributed by atoms with Gasteiger partial charge < -0.3 is 19.3 Å². The third-order valence-electron chi connectivity index (χ3n) is 4.73. The zero-order chi connectivity index (χ0) is 17.5. The molecule has 0 aliphatic carbocycles. The zero-order valence-corrected chi connectivity index (χ0v) is 15.1. The summed E-state index contributed by atoms with van der Waals surface area (Å²) < 4.78 is 21.8. The number of ether oxygens (including phenoxy) is 1. The number of nitrogens with zero attached hydrogens (tertiary/aromatic N) is 1. The number of nitrogens with one attached hydrogen (secondary N) is 1. The first kappa shape index (κ1) is 17.4. The molecule has 1 fully saturated rings. The van der Waals surface area contributed by atoms with Crippen molar-refractivity contribution in [3.05, 3.63) is 29.8 Å². The molecular formula is C17H24N2O4S. The Labute approximate surface area is 145 Å². The van der Waals surface area contributed by atoms with E-state index >= 15 is 0 Å². The minimum absolute atomic E-state index is 0.204. The molecule has 2 aliphatic heterocycles. The summed E-state index contributed by atoms with van der Waals surface area (Å²) in [6, 6.07) is 7.57. The van der Waals surface area contributed by atoms with Crippen molar-refractivity contribution >= 4 is 17.5 Å². The predicted octanol–water partition coefficient (Wildman–Crippen LogP) is 2.68. The lowest BCUT2D eigenvalue weighted by atomic mass is 9.83. The van der Waals surface area contributed by atoms with E-state index in [-0.39, 0.29) is 10.8 Å². The second kappa shape index (κ2) is 6.13. The zero-order valence-electron chi connectivity index (χ0n) is 14.2. The van der Waals surface area contributed by atoms with E-state index in [0.717, 1.165) is 11.3 Å². The molecule has 1 spiro atoms. The molecule has 2 heterocycles. The summed E-state index contributed by atoms with van der Waals surface area (Å²) >= 11 is -1.24. The third-order valence-corrected chi connectivity index (χ3v) is 6.29. The molecule has 6 nitrogen and oxygen atoms in total. The molecule has 24 heavy (non-hydrogen) atoms. The summed E-state index contributed by atoms with van der Waals surface area (Å²) in [5, 5.41) is 9.18. The summed E-state index contributed by atoms with van der Waals surface area (Å²) in [5.74, 6) is 0.796. The first-order chi connectivity index (χ1) is 11.2. The molecule has 0 saturated carbocycles. The summed E-state index contributed by atoms with van der Waals surface area (Å²) in [7, 11) is 0. The molecule has 3 rings (SSSR count). The fourth-order valence-electron chi connectivity index (χ4n) is 3.30. The molecule has 0 unspecified atom stereocenters. The molecule has 2 aliphatic rings.